The van der Waals surface area contributed by atoms with E-state index in [-0.39, 0.29) is 6.10 Å². The number of fused-ring (bicyclic) bond motifs is 1. The van der Waals surface area contributed by atoms with Crippen molar-refractivity contribution >= 4 is 16.3 Å². The molecule has 3 nitrogen and oxygen atoms in total. The third kappa shape index (κ3) is 7.14. The molecule has 0 atom stereocenters. The van der Waals surface area contributed by atoms with Crippen molar-refractivity contribution in [3.8, 4) is 16.9 Å². The van der Waals surface area contributed by atoms with E-state index in [0.717, 1.165) is 50.0 Å². The molecule has 216 valence electrons. The first-order valence-corrected chi connectivity index (χ1v) is 15.6. The monoisotopic (exact) mass is 557 g/mol. The van der Waals surface area contributed by atoms with E-state index in [0.29, 0.717) is 12.7 Å². The van der Waals surface area contributed by atoms with Crippen molar-refractivity contribution in [1.29, 1.82) is 0 Å². The van der Waals surface area contributed by atoms with Crippen molar-refractivity contribution in [3.63, 3.8) is 0 Å². The Morgan fingerprint density at radius 3 is 2.38 bits per heavy atom. The molecule has 0 saturated heterocycles. The van der Waals surface area contributed by atoms with Crippen LogP contribution in [0.5, 0.6) is 5.75 Å². The topological polar surface area (TPSA) is 30.5 Å². The van der Waals surface area contributed by atoms with Crippen LogP contribution in [0.3, 0.4) is 0 Å². The van der Waals surface area contributed by atoms with Crippen LogP contribution in [0.15, 0.2) is 103 Å². The summed E-state index contributed by atoms with van der Waals surface area (Å²) in [5.41, 5.74) is 10.2. The maximum absolute atomic E-state index is 6.60. The predicted octanol–water partition coefficient (Wildman–Crippen LogP) is 9.65. The van der Waals surface area contributed by atoms with Crippen molar-refractivity contribution < 1.29 is 9.47 Å². The van der Waals surface area contributed by atoms with Gasteiger partial charge in [-0.1, -0.05) is 78.4 Å². The highest BCUT2D eigenvalue weighted by molar-refractivity contribution is 5.83. The summed E-state index contributed by atoms with van der Waals surface area (Å²) in [6.45, 7) is 10.0. The Kier molecular flexibility index (Phi) is 8.76. The third-order valence-corrected chi connectivity index (χ3v) is 8.79. The molecule has 4 aromatic carbocycles. The summed E-state index contributed by atoms with van der Waals surface area (Å²) in [4.78, 5) is 0. The molecule has 2 aliphatic rings. The Hall–Kier alpha value is -3.82. The lowest BCUT2D eigenvalue weighted by Crippen LogP contribution is -2.28. The maximum Gasteiger partial charge on any atom is 0.120 e. The minimum Gasteiger partial charge on any atom is -0.490 e. The highest BCUT2D eigenvalue weighted by Crippen LogP contribution is 2.33. The molecule has 1 N–H and O–H groups in total. The van der Waals surface area contributed by atoms with E-state index in [1.165, 1.54) is 57.1 Å². The zero-order chi connectivity index (χ0) is 28.9. The van der Waals surface area contributed by atoms with Crippen LogP contribution in [0.25, 0.3) is 27.5 Å². The molecule has 0 spiro atoms. The van der Waals surface area contributed by atoms with Gasteiger partial charge < -0.3 is 14.8 Å². The lowest BCUT2D eigenvalue weighted by molar-refractivity contribution is -0.00657. The van der Waals surface area contributed by atoms with Gasteiger partial charge in [-0.3, -0.25) is 0 Å². The van der Waals surface area contributed by atoms with Gasteiger partial charge in [-0.05, 0) is 122 Å². The fourth-order valence-corrected chi connectivity index (χ4v) is 6.07. The van der Waals surface area contributed by atoms with E-state index in [9.17, 15) is 0 Å². The molecule has 0 aromatic heterocycles. The zero-order valence-electron chi connectivity index (χ0n) is 25.1. The Morgan fingerprint density at radius 2 is 1.60 bits per heavy atom. The molecular weight excluding hydrogens is 514 g/mol. The molecule has 0 amide bonds. The first-order valence-electron chi connectivity index (χ1n) is 15.6. The van der Waals surface area contributed by atoms with Gasteiger partial charge in [-0.25, -0.2) is 0 Å². The van der Waals surface area contributed by atoms with E-state index >= 15 is 0 Å². The molecule has 42 heavy (non-hydrogen) atoms. The number of allylic oxidation sites excluding steroid dienone is 3. The average Bonchev–Trinajstić information content (AvgIpc) is 3.87. The Balaban J connectivity index is 1.08. The van der Waals surface area contributed by atoms with Gasteiger partial charge in [-0.2, -0.15) is 0 Å². The number of hydrogen-bond acceptors (Lipinski definition) is 3. The fraction of sp³-hybridized carbons (Fsp3) is 0.333. The van der Waals surface area contributed by atoms with Crippen molar-refractivity contribution in [1.82, 2.24) is 5.32 Å². The van der Waals surface area contributed by atoms with Gasteiger partial charge in [0.05, 0.1) is 18.8 Å². The van der Waals surface area contributed by atoms with Gasteiger partial charge in [-0.15, -0.1) is 0 Å². The summed E-state index contributed by atoms with van der Waals surface area (Å²) < 4.78 is 12.9. The van der Waals surface area contributed by atoms with Gasteiger partial charge in [0.2, 0.25) is 0 Å². The van der Waals surface area contributed by atoms with Crippen LogP contribution in [0.4, 0.5) is 0 Å². The summed E-state index contributed by atoms with van der Waals surface area (Å²) in [6.07, 6.45) is 8.09. The number of ether oxygens (including phenoxy) is 2. The van der Waals surface area contributed by atoms with Crippen LogP contribution in [0, 0.1) is 0 Å². The fourth-order valence-electron chi connectivity index (χ4n) is 6.07. The number of rotatable bonds is 11. The Morgan fingerprint density at radius 1 is 0.810 bits per heavy atom. The van der Waals surface area contributed by atoms with Crippen LogP contribution >= 0.6 is 0 Å². The molecule has 2 aliphatic carbocycles. The number of benzene rings is 4. The number of nitrogens with one attached hydrogen (secondary N) is 1. The lowest BCUT2D eigenvalue weighted by Gasteiger charge is -2.29. The minimum atomic E-state index is 0.223. The highest BCUT2D eigenvalue weighted by Gasteiger charge is 2.23. The zero-order valence-corrected chi connectivity index (χ0v) is 25.1. The maximum atomic E-state index is 6.60. The largest absolute Gasteiger partial charge is 0.490 e. The Labute approximate surface area is 251 Å². The molecule has 3 heteroatoms. The molecule has 0 unspecified atom stereocenters. The molecule has 0 aliphatic heterocycles. The summed E-state index contributed by atoms with van der Waals surface area (Å²) >= 11 is 0. The Bertz CT molecular complexity index is 1590. The van der Waals surface area contributed by atoms with Crippen LogP contribution in [0.2, 0.25) is 0 Å². The molecule has 0 radical (unpaired) electrons. The minimum absolute atomic E-state index is 0.223. The second-order valence-electron chi connectivity index (χ2n) is 12.1. The molecular formula is C39H43NO2. The SMILES string of the molecule is C=C(C)c1cccc(-c2cc(OC3CCC(OCc4ccc5ccccc5c4)CC3)ccc2CCNC(C)=C2CC2)c1. The first kappa shape index (κ1) is 28.3. The van der Waals surface area contributed by atoms with Gasteiger partial charge in [0.1, 0.15) is 5.75 Å². The van der Waals surface area contributed by atoms with Crippen LogP contribution in [-0.4, -0.2) is 18.8 Å². The van der Waals surface area contributed by atoms with Gasteiger partial charge >= 0.3 is 0 Å². The van der Waals surface area contributed by atoms with Crippen molar-refractivity contribution in [2.45, 2.75) is 77.6 Å². The summed E-state index contributed by atoms with van der Waals surface area (Å²) in [7, 11) is 0. The lowest BCUT2D eigenvalue weighted by atomic mass is 9.93. The van der Waals surface area contributed by atoms with E-state index in [1.54, 1.807) is 5.57 Å². The quantitative estimate of drug-likeness (QED) is 0.199. The van der Waals surface area contributed by atoms with Crippen molar-refractivity contribution in [2.75, 3.05) is 6.54 Å². The van der Waals surface area contributed by atoms with Gasteiger partial charge in [0.15, 0.2) is 0 Å². The van der Waals surface area contributed by atoms with Crippen molar-refractivity contribution in [3.05, 3.63) is 119 Å². The second-order valence-corrected chi connectivity index (χ2v) is 12.1. The third-order valence-electron chi connectivity index (χ3n) is 8.79. The molecule has 0 heterocycles. The van der Waals surface area contributed by atoms with Gasteiger partial charge in [0, 0.05) is 12.2 Å². The molecule has 2 saturated carbocycles. The molecule has 0 bridgehead atoms. The number of hydrogen-bond donors (Lipinski definition) is 1. The van der Waals surface area contributed by atoms with E-state index in [4.69, 9.17) is 9.47 Å². The smallest absolute Gasteiger partial charge is 0.120 e. The molecule has 4 aromatic rings. The second kappa shape index (κ2) is 13.0. The summed E-state index contributed by atoms with van der Waals surface area (Å²) in [5, 5.41) is 6.18. The molecule has 2 fully saturated rings. The van der Waals surface area contributed by atoms with E-state index in [1.807, 2.05) is 0 Å². The average molecular weight is 558 g/mol. The highest BCUT2D eigenvalue weighted by atomic mass is 16.5. The molecule has 6 rings (SSSR count). The standard InChI is InChI=1S/C39H43NO2/c1-27(2)33-9-6-10-35(24-33)39-25-38(16-15-32(39)21-22-40-28(3)30-13-14-30)42-37-19-17-36(18-20-37)41-26-29-11-12-31-7-4-5-8-34(31)23-29/h4-12,15-16,23-25,36-37,40H,1,13-14,17-22,26H2,2-3H3. The van der Waals surface area contributed by atoms with E-state index in [2.05, 4.69) is 111 Å². The van der Waals surface area contributed by atoms with Crippen LogP contribution < -0.4 is 10.1 Å². The summed E-state index contributed by atoms with van der Waals surface area (Å²) in [6, 6.07) is 30.5. The van der Waals surface area contributed by atoms with Gasteiger partial charge in [0.25, 0.3) is 0 Å². The predicted molar refractivity (Wildman–Crippen MR) is 176 cm³/mol. The first-order chi connectivity index (χ1) is 20.5. The van der Waals surface area contributed by atoms with Crippen LogP contribution in [0.1, 0.15) is 69.1 Å². The normalized spacial score (nSPS) is 18.1. The van der Waals surface area contributed by atoms with Crippen LogP contribution in [-0.2, 0) is 17.8 Å². The van der Waals surface area contributed by atoms with E-state index < -0.39 is 0 Å². The van der Waals surface area contributed by atoms with Crippen molar-refractivity contribution in [2.24, 2.45) is 0 Å². The summed E-state index contributed by atoms with van der Waals surface area (Å²) in [5.74, 6) is 0.958.